The molecule has 0 saturated carbocycles. The number of nitrogens with one attached hydrogen (secondary N) is 1. The summed E-state index contributed by atoms with van der Waals surface area (Å²) >= 11 is 0. The average Bonchev–Trinajstić information content (AvgIpc) is 2.67. The van der Waals surface area contributed by atoms with Crippen molar-refractivity contribution in [2.24, 2.45) is 0 Å². The number of rotatable bonds is 8. The van der Waals surface area contributed by atoms with Crippen molar-refractivity contribution in [2.75, 3.05) is 13.1 Å². The van der Waals surface area contributed by atoms with Crippen molar-refractivity contribution in [3.8, 4) is 0 Å². The predicted octanol–water partition coefficient (Wildman–Crippen LogP) is 3.91. The molecular weight excluding hydrogens is 360 g/mol. The van der Waals surface area contributed by atoms with Gasteiger partial charge in [0.2, 0.25) is 10.0 Å². The number of hydrogen-bond acceptors (Lipinski definition) is 3. The van der Waals surface area contributed by atoms with Gasteiger partial charge in [-0.25, -0.2) is 8.42 Å². The molecule has 6 heteroatoms. The highest BCUT2D eigenvalue weighted by Gasteiger charge is 2.22. The van der Waals surface area contributed by atoms with Gasteiger partial charge in [0.05, 0.1) is 10.9 Å². The SMILES string of the molecule is CCC(NC(=O)c1ccc(S(=O)(=O)N(CC)CC)cc1)c1ccc(C)cc1. The van der Waals surface area contributed by atoms with E-state index in [-0.39, 0.29) is 16.8 Å². The van der Waals surface area contributed by atoms with E-state index >= 15 is 0 Å². The smallest absolute Gasteiger partial charge is 0.251 e. The van der Waals surface area contributed by atoms with Gasteiger partial charge in [0.15, 0.2) is 0 Å². The molecule has 0 heterocycles. The van der Waals surface area contributed by atoms with Gasteiger partial charge in [-0.3, -0.25) is 4.79 Å². The number of carbonyl (C=O) groups is 1. The zero-order chi connectivity index (χ0) is 20.0. The summed E-state index contributed by atoms with van der Waals surface area (Å²) in [7, 11) is -3.52. The van der Waals surface area contributed by atoms with E-state index in [0.29, 0.717) is 18.7 Å². The van der Waals surface area contributed by atoms with E-state index in [1.807, 2.05) is 38.1 Å². The van der Waals surface area contributed by atoms with Crippen molar-refractivity contribution < 1.29 is 13.2 Å². The van der Waals surface area contributed by atoms with E-state index in [1.165, 1.54) is 22.0 Å². The Morgan fingerprint density at radius 1 is 0.963 bits per heavy atom. The van der Waals surface area contributed by atoms with E-state index in [9.17, 15) is 13.2 Å². The molecule has 0 aliphatic heterocycles. The van der Waals surface area contributed by atoms with Crippen molar-refractivity contribution in [2.45, 2.75) is 45.1 Å². The number of amides is 1. The Balaban J connectivity index is 2.16. The number of sulfonamides is 1. The minimum Gasteiger partial charge on any atom is -0.345 e. The Morgan fingerprint density at radius 2 is 1.52 bits per heavy atom. The Hall–Kier alpha value is -2.18. The minimum atomic E-state index is -3.52. The molecule has 1 atom stereocenters. The van der Waals surface area contributed by atoms with Gasteiger partial charge in [0.1, 0.15) is 0 Å². The Bertz CT molecular complexity index is 855. The first-order valence-electron chi connectivity index (χ1n) is 9.31. The maximum atomic E-state index is 12.6. The fourth-order valence-corrected chi connectivity index (χ4v) is 4.41. The van der Waals surface area contributed by atoms with Crippen LogP contribution in [-0.2, 0) is 10.0 Å². The maximum absolute atomic E-state index is 12.6. The molecule has 0 aliphatic carbocycles. The predicted molar refractivity (Wildman–Crippen MR) is 108 cm³/mol. The molecule has 146 valence electrons. The van der Waals surface area contributed by atoms with Crippen LogP contribution in [0.2, 0.25) is 0 Å². The topological polar surface area (TPSA) is 66.5 Å². The van der Waals surface area contributed by atoms with Gasteiger partial charge >= 0.3 is 0 Å². The molecule has 1 unspecified atom stereocenters. The molecule has 0 aliphatic rings. The molecule has 0 saturated heterocycles. The van der Waals surface area contributed by atoms with E-state index < -0.39 is 10.0 Å². The van der Waals surface area contributed by atoms with Crippen LogP contribution in [0, 0.1) is 6.92 Å². The molecule has 0 bridgehead atoms. The van der Waals surface area contributed by atoms with Crippen LogP contribution < -0.4 is 5.32 Å². The molecule has 0 radical (unpaired) electrons. The van der Waals surface area contributed by atoms with E-state index in [4.69, 9.17) is 0 Å². The Morgan fingerprint density at radius 3 is 2.00 bits per heavy atom. The Labute approximate surface area is 162 Å². The number of nitrogens with zero attached hydrogens (tertiary/aromatic N) is 1. The molecule has 1 amide bonds. The average molecular weight is 389 g/mol. The normalized spacial score (nSPS) is 12.8. The standard InChI is InChI=1S/C21H28N2O3S/c1-5-20(17-10-8-16(4)9-11-17)22-21(24)18-12-14-19(15-13-18)27(25,26)23(6-2)7-3/h8-15,20H,5-7H2,1-4H3,(H,22,24). The first kappa shape index (κ1) is 21.1. The second kappa shape index (κ2) is 9.15. The minimum absolute atomic E-state index is 0.0859. The van der Waals surface area contributed by atoms with E-state index in [2.05, 4.69) is 5.32 Å². The van der Waals surface area contributed by atoms with Gasteiger partial charge in [0, 0.05) is 18.7 Å². The summed E-state index contributed by atoms with van der Waals surface area (Å²) in [4.78, 5) is 12.8. The van der Waals surface area contributed by atoms with Crippen LogP contribution in [0.3, 0.4) is 0 Å². The van der Waals surface area contributed by atoms with Gasteiger partial charge in [0.25, 0.3) is 5.91 Å². The largest absolute Gasteiger partial charge is 0.345 e. The lowest BCUT2D eigenvalue weighted by Gasteiger charge is -2.19. The van der Waals surface area contributed by atoms with Crippen LogP contribution in [0.5, 0.6) is 0 Å². The molecule has 2 aromatic rings. The second-order valence-corrected chi connectivity index (χ2v) is 8.40. The summed E-state index contributed by atoms with van der Waals surface area (Å²) in [5, 5.41) is 3.02. The van der Waals surface area contributed by atoms with Crippen LogP contribution in [-0.4, -0.2) is 31.7 Å². The highest BCUT2D eigenvalue weighted by molar-refractivity contribution is 7.89. The third-order valence-corrected chi connectivity index (χ3v) is 6.72. The summed E-state index contributed by atoms with van der Waals surface area (Å²) < 4.78 is 26.5. The quantitative estimate of drug-likeness (QED) is 0.746. The molecule has 2 aromatic carbocycles. The lowest BCUT2D eigenvalue weighted by atomic mass is 10.0. The molecule has 0 fully saturated rings. The Kier molecular flexibility index (Phi) is 7.16. The van der Waals surface area contributed by atoms with Gasteiger partial charge in [-0.2, -0.15) is 4.31 Å². The first-order chi connectivity index (χ1) is 12.8. The van der Waals surface area contributed by atoms with Crippen molar-refractivity contribution in [3.63, 3.8) is 0 Å². The van der Waals surface area contributed by atoms with E-state index in [0.717, 1.165) is 12.0 Å². The van der Waals surface area contributed by atoms with Crippen LogP contribution >= 0.6 is 0 Å². The van der Waals surface area contributed by atoms with Crippen LogP contribution in [0.25, 0.3) is 0 Å². The van der Waals surface area contributed by atoms with Gasteiger partial charge in [-0.1, -0.05) is 50.6 Å². The zero-order valence-electron chi connectivity index (χ0n) is 16.4. The highest BCUT2D eigenvalue weighted by atomic mass is 32.2. The molecule has 0 aromatic heterocycles. The fourth-order valence-electron chi connectivity index (χ4n) is 2.95. The lowest BCUT2D eigenvalue weighted by Crippen LogP contribution is -2.31. The van der Waals surface area contributed by atoms with Crippen LogP contribution in [0.4, 0.5) is 0 Å². The lowest BCUT2D eigenvalue weighted by molar-refractivity contribution is 0.0935. The number of carbonyl (C=O) groups excluding carboxylic acids is 1. The summed E-state index contributed by atoms with van der Waals surface area (Å²) in [6.07, 6.45) is 0.767. The highest BCUT2D eigenvalue weighted by Crippen LogP contribution is 2.19. The molecule has 1 N–H and O–H groups in total. The van der Waals surface area contributed by atoms with Gasteiger partial charge in [-0.05, 0) is 43.2 Å². The molecule has 5 nitrogen and oxygen atoms in total. The summed E-state index contributed by atoms with van der Waals surface area (Å²) in [6, 6.07) is 14.1. The van der Waals surface area contributed by atoms with Gasteiger partial charge in [-0.15, -0.1) is 0 Å². The third-order valence-electron chi connectivity index (χ3n) is 4.65. The first-order valence-corrected chi connectivity index (χ1v) is 10.7. The number of hydrogen-bond donors (Lipinski definition) is 1. The fraction of sp³-hybridized carbons (Fsp3) is 0.381. The zero-order valence-corrected chi connectivity index (χ0v) is 17.2. The van der Waals surface area contributed by atoms with Crippen LogP contribution in [0.1, 0.15) is 54.7 Å². The molecule has 27 heavy (non-hydrogen) atoms. The second-order valence-electron chi connectivity index (χ2n) is 6.46. The molecule has 2 rings (SSSR count). The summed E-state index contributed by atoms with van der Waals surface area (Å²) in [5.74, 6) is -0.214. The summed E-state index contributed by atoms with van der Waals surface area (Å²) in [6.45, 7) is 8.48. The van der Waals surface area contributed by atoms with Crippen LogP contribution in [0.15, 0.2) is 53.4 Å². The maximum Gasteiger partial charge on any atom is 0.251 e. The number of aryl methyl sites for hydroxylation is 1. The number of benzene rings is 2. The van der Waals surface area contributed by atoms with Crippen molar-refractivity contribution in [1.82, 2.24) is 9.62 Å². The molecular formula is C21H28N2O3S. The molecule has 0 spiro atoms. The third kappa shape index (κ3) is 4.96. The van der Waals surface area contributed by atoms with Crippen molar-refractivity contribution in [1.29, 1.82) is 0 Å². The van der Waals surface area contributed by atoms with E-state index in [1.54, 1.807) is 26.0 Å². The summed E-state index contributed by atoms with van der Waals surface area (Å²) in [5.41, 5.74) is 2.67. The van der Waals surface area contributed by atoms with Crippen molar-refractivity contribution >= 4 is 15.9 Å². The van der Waals surface area contributed by atoms with Gasteiger partial charge < -0.3 is 5.32 Å². The van der Waals surface area contributed by atoms with Crippen molar-refractivity contribution in [3.05, 3.63) is 65.2 Å². The monoisotopic (exact) mass is 388 g/mol.